The van der Waals surface area contributed by atoms with Gasteiger partial charge in [-0.25, -0.2) is 4.39 Å². The molecule has 4 rings (SSSR count). The van der Waals surface area contributed by atoms with Crippen LogP contribution in [0.1, 0.15) is 30.9 Å². The number of halogens is 2. The Kier molecular flexibility index (Phi) is 6.80. The number of nitrogens with zero attached hydrogens (tertiary/aromatic N) is 3. The van der Waals surface area contributed by atoms with Gasteiger partial charge in [-0.3, -0.25) is 10.2 Å². The molecule has 2 aliphatic rings. The van der Waals surface area contributed by atoms with E-state index < -0.39 is 5.91 Å². The number of benzene rings is 2. The molecule has 0 aliphatic carbocycles. The lowest BCUT2D eigenvalue weighted by atomic mass is 10.1. The Bertz CT molecular complexity index is 1230. The minimum atomic E-state index is -0.526. The molecule has 170 valence electrons. The average Bonchev–Trinajstić information content (AvgIpc) is 3.19. The molecule has 10 heteroatoms. The van der Waals surface area contributed by atoms with Gasteiger partial charge in [0, 0.05) is 5.56 Å². The third-order valence-corrected chi connectivity index (χ3v) is 6.10. The van der Waals surface area contributed by atoms with E-state index in [9.17, 15) is 9.18 Å². The van der Waals surface area contributed by atoms with Gasteiger partial charge in [0.25, 0.3) is 5.91 Å². The van der Waals surface area contributed by atoms with Crippen molar-refractivity contribution >= 4 is 51.4 Å². The Hall–Kier alpha value is -3.17. The molecule has 1 N–H and O–H groups in total. The second-order valence-corrected chi connectivity index (χ2v) is 8.63. The van der Waals surface area contributed by atoms with Crippen LogP contribution < -0.4 is 9.47 Å². The lowest BCUT2D eigenvalue weighted by Crippen LogP contribution is -2.35. The molecule has 7 nitrogen and oxygen atoms in total. The molecule has 2 heterocycles. The fourth-order valence-corrected chi connectivity index (χ4v) is 4.50. The maximum Gasteiger partial charge on any atom is 0.283 e. The van der Waals surface area contributed by atoms with Gasteiger partial charge < -0.3 is 9.47 Å². The average molecular weight is 487 g/mol. The summed E-state index contributed by atoms with van der Waals surface area (Å²) in [6.07, 6.45) is 3.17. The monoisotopic (exact) mass is 486 g/mol. The van der Waals surface area contributed by atoms with Gasteiger partial charge in [0.2, 0.25) is 5.17 Å². The molecule has 1 amide bonds. The van der Waals surface area contributed by atoms with Crippen molar-refractivity contribution in [3.8, 4) is 11.5 Å². The SMILES string of the molecule is CCCC1=NN2C(=N)/C(=C/c3cc(Cl)c(OCc4ccccc4F)c(OC)c3)C(=O)N=C2S1. The van der Waals surface area contributed by atoms with Crippen LogP contribution >= 0.6 is 23.4 Å². The highest BCUT2D eigenvalue weighted by Crippen LogP contribution is 2.38. The summed E-state index contributed by atoms with van der Waals surface area (Å²) in [5, 5.41) is 15.6. The van der Waals surface area contributed by atoms with E-state index in [1.54, 1.807) is 30.3 Å². The number of rotatable bonds is 7. The van der Waals surface area contributed by atoms with Crippen LogP contribution in [0, 0.1) is 11.2 Å². The first kappa shape index (κ1) is 23.0. The Morgan fingerprint density at radius 2 is 2.09 bits per heavy atom. The summed E-state index contributed by atoms with van der Waals surface area (Å²) < 4.78 is 25.0. The van der Waals surface area contributed by atoms with Gasteiger partial charge in [-0.1, -0.05) is 36.7 Å². The maximum absolute atomic E-state index is 13.9. The molecular weight excluding hydrogens is 467 g/mol. The van der Waals surface area contributed by atoms with E-state index in [2.05, 4.69) is 10.1 Å². The quantitative estimate of drug-likeness (QED) is 0.523. The van der Waals surface area contributed by atoms with Crippen LogP contribution in [0.25, 0.3) is 6.08 Å². The number of carbonyl (C=O) groups is 1. The molecule has 2 aromatic carbocycles. The number of amides is 1. The molecule has 0 saturated carbocycles. The highest BCUT2D eigenvalue weighted by molar-refractivity contribution is 8.26. The van der Waals surface area contributed by atoms with E-state index in [0.29, 0.717) is 22.0 Å². The molecule has 0 atom stereocenters. The van der Waals surface area contributed by atoms with Crippen molar-refractivity contribution in [1.82, 2.24) is 5.01 Å². The Morgan fingerprint density at radius 1 is 1.30 bits per heavy atom. The van der Waals surface area contributed by atoms with Crippen LogP contribution in [0.4, 0.5) is 4.39 Å². The number of nitrogens with one attached hydrogen (secondary N) is 1. The van der Waals surface area contributed by atoms with Crippen molar-refractivity contribution in [1.29, 1.82) is 5.41 Å². The van der Waals surface area contributed by atoms with Crippen LogP contribution in [-0.4, -0.2) is 34.1 Å². The maximum atomic E-state index is 13.9. The third kappa shape index (κ3) is 4.79. The van der Waals surface area contributed by atoms with E-state index in [0.717, 1.165) is 17.9 Å². The zero-order valence-electron chi connectivity index (χ0n) is 17.9. The summed E-state index contributed by atoms with van der Waals surface area (Å²) in [5.41, 5.74) is 0.980. The van der Waals surface area contributed by atoms with E-state index in [4.69, 9.17) is 26.5 Å². The van der Waals surface area contributed by atoms with Crippen molar-refractivity contribution < 1.29 is 18.7 Å². The number of hydrogen-bond acceptors (Lipinski definition) is 6. The largest absolute Gasteiger partial charge is 0.493 e. The van der Waals surface area contributed by atoms with Gasteiger partial charge in [0.05, 0.1) is 17.7 Å². The summed E-state index contributed by atoms with van der Waals surface area (Å²) >= 11 is 7.73. The molecule has 33 heavy (non-hydrogen) atoms. The Morgan fingerprint density at radius 3 is 2.82 bits per heavy atom. The third-order valence-electron chi connectivity index (χ3n) is 4.85. The first-order valence-electron chi connectivity index (χ1n) is 10.1. The fraction of sp³-hybridized carbons (Fsp3) is 0.217. The van der Waals surface area contributed by atoms with Crippen molar-refractivity contribution in [3.63, 3.8) is 0 Å². The van der Waals surface area contributed by atoms with Gasteiger partial charge in [-0.05, 0) is 54.4 Å². The normalized spacial score (nSPS) is 16.6. The first-order chi connectivity index (χ1) is 15.9. The van der Waals surface area contributed by atoms with Gasteiger partial charge in [-0.15, -0.1) is 0 Å². The Labute approximate surface area is 199 Å². The standard InChI is InChI=1S/C23H20ClFN4O3S/c1-3-6-19-28-29-21(26)15(22(30)27-23(29)33-19)9-13-10-16(24)20(18(11-13)31-2)32-12-14-7-4-5-8-17(14)25/h4-5,7-11,26H,3,6,12H2,1-2H3/b15-9-,26-21?. The minimum Gasteiger partial charge on any atom is -0.493 e. The van der Waals surface area contributed by atoms with Gasteiger partial charge in [0.1, 0.15) is 17.5 Å². The molecule has 0 aromatic heterocycles. The van der Waals surface area contributed by atoms with Gasteiger partial charge in [-0.2, -0.15) is 15.1 Å². The summed E-state index contributed by atoms with van der Waals surface area (Å²) in [7, 11) is 1.45. The minimum absolute atomic E-state index is 0.0332. The first-order valence-corrected chi connectivity index (χ1v) is 11.3. The second kappa shape index (κ2) is 9.76. The number of ether oxygens (including phenoxy) is 2. The van der Waals surface area contributed by atoms with Crippen LogP contribution in [0.2, 0.25) is 5.02 Å². The topological polar surface area (TPSA) is 87.3 Å². The lowest BCUT2D eigenvalue weighted by Gasteiger charge is -2.20. The summed E-state index contributed by atoms with van der Waals surface area (Å²) in [6.45, 7) is 2.00. The molecule has 0 unspecified atom stereocenters. The van der Waals surface area contributed by atoms with Gasteiger partial charge >= 0.3 is 0 Å². The predicted molar refractivity (Wildman–Crippen MR) is 129 cm³/mol. The van der Waals surface area contributed by atoms with Gasteiger partial charge in [0.15, 0.2) is 17.3 Å². The highest BCUT2D eigenvalue weighted by atomic mass is 35.5. The van der Waals surface area contributed by atoms with Crippen LogP contribution in [0.5, 0.6) is 11.5 Å². The number of thioether (sulfide) groups is 1. The number of methoxy groups -OCH3 is 1. The molecule has 0 spiro atoms. The van der Waals surface area contributed by atoms with Crippen molar-refractivity contribution in [2.45, 2.75) is 26.4 Å². The van der Waals surface area contributed by atoms with E-state index in [-0.39, 0.29) is 34.6 Å². The number of hydrazone groups is 1. The number of aliphatic imine (C=N–C) groups is 1. The van der Waals surface area contributed by atoms with Crippen LogP contribution in [-0.2, 0) is 11.4 Å². The van der Waals surface area contributed by atoms with Crippen molar-refractivity contribution in [3.05, 3.63) is 63.9 Å². The summed E-state index contributed by atoms with van der Waals surface area (Å²) in [5.74, 6) is -0.405. The highest BCUT2D eigenvalue weighted by Gasteiger charge is 2.35. The van der Waals surface area contributed by atoms with Crippen molar-refractivity contribution in [2.24, 2.45) is 10.1 Å². The smallest absolute Gasteiger partial charge is 0.283 e. The fourth-order valence-electron chi connectivity index (χ4n) is 3.24. The number of hydrogen-bond donors (Lipinski definition) is 1. The molecular formula is C23H20ClFN4O3S. The molecule has 2 aliphatic heterocycles. The molecule has 0 saturated heterocycles. The van der Waals surface area contributed by atoms with E-state index >= 15 is 0 Å². The zero-order chi connectivity index (χ0) is 23.5. The van der Waals surface area contributed by atoms with E-state index in [1.807, 2.05) is 6.92 Å². The lowest BCUT2D eigenvalue weighted by molar-refractivity contribution is -0.114. The van der Waals surface area contributed by atoms with Crippen LogP contribution in [0.15, 0.2) is 52.1 Å². The second-order valence-electron chi connectivity index (χ2n) is 7.18. The summed E-state index contributed by atoms with van der Waals surface area (Å²) in [6, 6.07) is 9.49. The predicted octanol–water partition coefficient (Wildman–Crippen LogP) is 5.49. The summed E-state index contributed by atoms with van der Waals surface area (Å²) in [4.78, 5) is 16.7. The number of fused-ring (bicyclic) bond motifs is 1. The Balaban J connectivity index is 1.61. The number of amidine groups is 2. The van der Waals surface area contributed by atoms with Crippen molar-refractivity contribution in [2.75, 3.05) is 7.11 Å². The van der Waals surface area contributed by atoms with E-state index in [1.165, 1.54) is 36.0 Å². The van der Waals surface area contributed by atoms with Crippen LogP contribution in [0.3, 0.4) is 0 Å². The molecule has 0 bridgehead atoms. The number of carbonyl (C=O) groups excluding carboxylic acids is 1. The molecule has 0 fully saturated rings. The molecule has 0 radical (unpaired) electrons. The zero-order valence-corrected chi connectivity index (χ0v) is 19.5. The molecule has 2 aromatic rings.